The molecule has 3 rings (SSSR count). The van der Waals surface area contributed by atoms with Crippen LogP contribution in [-0.4, -0.2) is 6.41 Å². The first kappa shape index (κ1) is 14.7. The molecule has 1 aliphatic carbocycles. The van der Waals surface area contributed by atoms with E-state index >= 15 is 0 Å². The van der Waals surface area contributed by atoms with Crippen molar-refractivity contribution >= 4 is 12.1 Å². The maximum Gasteiger partial charge on any atom is 0.215 e. The van der Waals surface area contributed by atoms with E-state index in [1.165, 1.54) is 17.0 Å². The first-order valence-corrected chi connectivity index (χ1v) is 7.42. The van der Waals surface area contributed by atoms with Gasteiger partial charge in [0.1, 0.15) is 11.6 Å². The third-order valence-corrected chi connectivity index (χ3v) is 4.48. The van der Waals surface area contributed by atoms with Crippen LogP contribution in [0.3, 0.4) is 0 Å². The molecule has 2 aromatic carbocycles. The summed E-state index contributed by atoms with van der Waals surface area (Å²) in [5, 5.41) is 0. The molecular weight excluding hydrogens is 284 g/mol. The molecule has 0 radical (unpaired) electrons. The van der Waals surface area contributed by atoms with E-state index in [1.807, 2.05) is 30.3 Å². The highest BCUT2D eigenvalue weighted by Crippen LogP contribution is 2.45. The second-order valence-corrected chi connectivity index (χ2v) is 5.68. The molecule has 1 fully saturated rings. The Morgan fingerprint density at radius 2 is 1.68 bits per heavy atom. The maximum absolute atomic E-state index is 14.2. The van der Waals surface area contributed by atoms with Crippen LogP contribution in [0, 0.1) is 11.6 Å². The fourth-order valence-electron chi connectivity index (χ4n) is 3.44. The van der Waals surface area contributed by atoms with Crippen molar-refractivity contribution in [2.75, 3.05) is 4.90 Å². The number of nitrogens with zero attached hydrogens (tertiary/aromatic N) is 1. The lowest BCUT2D eigenvalue weighted by atomic mass is 9.86. The number of hydrogen-bond acceptors (Lipinski definition) is 1. The first-order valence-electron chi connectivity index (χ1n) is 7.42. The van der Waals surface area contributed by atoms with Gasteiger partial charge < -0.3 is 4.90 Å². The molecule has 0 heterocycles. The predicted molar refractivity (Wildman–Crippen MR) is 81.5 cm³/mol. The first-order chi connectivity index (χ1) is 10.7. The number of carbonyl (C=O) groups excluding carboxylic acids is 1. The lowest BCUT2D eigenvalue weighted by Crippen LogP contribution is -2.44. The van der Waals surface area contributed by atoms with E-state index in [9.17, 15) is 13.6 Å². The van der Waals surface area contributed by atoms with Crippen LogP contribution in [0.15, 0.2) is 48.5 Å². The molecule has 0 atom stereocenters. The largest absolute Gasteiger partial charge is 0.302 e. The van der Waals surface area contributed by atoms with E-state index in [2.05, 4.69) is 0 Å². The molecule has 1 saturated carbocycles. The zero-order chi connectivity index (χ0) is 15.6. The third-order valence-electron chi connectivity index (χ3n) is 4.48. The fraction of sp³-hybridized carbons (Fsp3) is 0.278. The summed E-state index contributed by atoms with van der Waals surface area (Å²) in [7, 11) is 0. The van der Waals surface area contributed by atoms with Crippen LogP contribution >= 0.6 is 0 Å². The highest BCUT2D eigenvalue weighted by atomic mass is 19.1. The smallest absolute Gasteiger partial charge is 0.215 e. The van der Waals surface area contributed by atoms with Crippen molar-refractivity contribution in [2.45, 2.75) is 31.2 Å². The summed E-state index contributed by atoms with van der Waals surface area (Å²) >= 11 is 0. The summed E-state index contributed by atoms with van der Waals surface area (Å²) in [6.45, 7) is 0. The van der Waals surface area contributed by atoms with Crippen LogP contribution in [0.5, 0.6) is 0 Å². The van der Waals surface area contributed by atoms with Gasteiger partial charge in [-0.15, -0.1) is 0 Å². The van der Waals surface area contributed by atoms with E-state index in [0.29, 0.717) is 6.41 Å². The predicted octanol–water partition coefficient (Wildman–Crippen LogP) is 4.40. The Labute approximate surface area is 128 Å². The topological polar surface area (TPSA) is 20.3 Å². The molecule has 1 aliphatic rings. The van der Waals surface area contributed by atoms with Gasteiger partial charge in [0.05, 0.1) is 11.2 Å². The molecule has 114 valence electrons. The Hall–Kier alpha value is -2.23. The number of anilines is 1. The zero-order valence-electron chi connectivity index (χ0n) is 12.1. The Bertz CT molecular complexity index is 666. The minimum atomic E-state index is -0.714. The van der Waals surface area contributed by atoms with Crippen molar-refractivity contribution in [2.24, 2.45) is 0 Å². The van der Waals surface area contributed by atoms with E-state index in [4.69, 9.17) is 0 Å². The van der Waals surface area contributed by atoms with E-state index < -0.39 is 17.2 Å². The lowest BCUT2D eigenvalue weighted by molar-refractivity contribution is -0.108. The average molecular weight is 301 g/mol. The molecule has 22 heavy (non-hydrogen) atoms. The van der Waals surface area contributed by atoms with E-state index in [-0.39, 0.29) is 5.69 Å². The van der Waals surface area contributed by atoms with Crippen molar-refractivity contribution in [1.29, 1.82) is 0 Å². The molecule has 4 heteroatoms. The van der Waals surface area contributed by atoms with Crippen LogP contribution in [0.1, 0.15) is 31.2 Å². The number of rotatable bonds is 4. The second kappa shape index (κ2) is 5.87. The van der Waals surface area contributed by atoms with Gasteiger partial charge in [0.2, 0.25) is 6.41 Å². The van der Waals surface area contributed by atoms with Gasteiger partial charge in [-0.3, -0.25) is 4.79 Å². The highest BCUT2D eigenvalue weighted by molar-refractivity contribution is 5.78. The van der Waals surface area contributed by atoms with Gasteiger partial charge in [-0.05, 0) is 30.5 Å². The SMILES string of the molecule is O=CN(c1ccc(F)cc1F)C1(c2ccccc2)CCCC1. The molecule has 0 saturated heterocycles. The quantitative estimate of drug-likeness (QED) is 0.767. The second-order valence-electron chi connectivity index (χ2n) is 5.68. The highest BCUT2D eigenvalue weighted by Gasteiger charge is 2.42. The standard InChI is InChI=1S/C18H17F2NO/c19-15-8-9-17(16(20)12-15)21(13-22)18(10-4-5-11-18)14-6-2-1-3-7-14/h1-3,6-9,12-13H,4-5,10-11H2. The minimum absolute atomic E-state index is 0.127. The molecule has 0 bridgehead atoms. The van der Waals surface area contributed by atoms with Gasteiger partial charge in [0.15, 0.2) is 0 Å². The van der Waals surface area contributed by atoms with Crippen LogP contribution in [0.25, 0.3) is 0 Å². The van der Waals surface area contributed by atoms with E-state index in [0.717, 1.165) is 37.3 Å². The molecule has 2 aromatic rings. The number of hydrogen-bond donors (Lipinski definition) is 0. The van der Waals surface area contributed by atoms with Crippen molar-refractivity contribution in [3.05, 3.63) is 65.7 Å². The Balaban J connectivity index is 2.12. The maximum atomic E-state index is 14.2. The van der Waals surface area contributed by atoms with Crippen molar-refractivity contribution in [1.82, 2.24) is 0 Å². The summed E-state index contributed by atoms with van der Waals surface area (Å²) in [6, 6.07) is 13.0. The van der Waals surface area contributed by atoms with Gasteiger partial charge in [-0.1, -0.05) is 43.2 Å². The van der Waals surface area contributed by atoms with Gasteiger partial charge >= 0.3 is 0 Å². The summed E-state index contributed by atoms with van der Waals surface area (Å²) in [5.41, 5.74) is 0.562. The molecule has 2 nitrogen and oxygen atoms in total. The Morgan fingerprint density at radius 3 is 2.27 bits per heavy atom. The van der Waals surface area contributed by atoms with Crippen molar-refractivity contribution in [3.63, 3.8) is 0 Å². The Kier molecular flexibility index (Phi) is 3.92. The van der Waals surface area contributed by atoms with Crippen LogP contribution < -0.4 is 4.90 Å². The van der Waals surface area contributed by atoms with E-state index in [1.54, 1.807) is 0 Å². The number of amides is 1. The third kappa shape index (κ3) is 2.39. The van der Waals surface area contributed by atoms with Crippen LogP contribution in [0.2, 0.25) is 0 Å². The fourth-order valence-corrected chi connectivity index (χ4v) is 3.44. The summed E-state index contributed by atoms with van der Waals surface area (Å²) < 4.78 is 27.3. The number of benzene rings is 2. The molecular formula is C18H17F2NO. The number of halogens is 2. The summed E-state index contributed by atoms with van der Waals surface area (Å²) in [4.78, 5) is 13.2. The monoisotopic (exact) mass is 301 g/mol. The van der Waals surface area contributed by atoms with Crippen molar-refractivity contribution < 1.29 is 13.6 Å². The van der Waals surface area contributed by atoms with Gasteiger partial charge in [0.25, 0.3) is 0 Å². The van der Waals surface area contributed by atoms with Crippen molar-refractivity contribution in [3.8, 4) is 0 Å². The van der Waals surface area contributed by atoms with Gasteiger partial charge in [0, 0.05) is 6.07 Å². The molecule has 0 unspecified atom stereocenters. The number of carbonyl (C=O) groups is 1. The normalized spacial score (nSPS) is 16.5. The molecule has 0 N–H and O–H groups in total. The minimum Gasteiger partial charge on any atom is -0.302 e. The summed E-state index contributed by atoms with van der Waals surface area (Å²) in [6.07, 6.45) is 4.15. The molecule has 0 aromatic heterocycles. The van der Waals surface area contributed by atoms with Gasteiger partial charge in [-0.25, -0.2) is 8.78 Å². The van der Waals surface area contributed by atoms with Gasteiger partial charge in [-0.2, -0.15) is 0 Å². The zero-order valence-corrected chi connectivity index (χ0v) is 12.1. The molecule has 1 amide bonds. The average Bonchev–Trinajstić information content (AvgIpc) is 3.02. The lowest BCUT2D eigenvalue weighted by Gasteiger charge is -2.39. The molecule has 0 aliphatic heterocycles. The van der Waals surface area contributed by atoms with Crippen LogP contribution in [-0.2, 0) is 10.3 Å². The summed E-state index contributed by atoms with van der Waals surface area (Å²) in [5.74, 6) is -1.36. The molecule has 0 spiro atoms. The Morgan fingerprint density at radius 1 is 1.00 bits per heavy atom. The van der Waals surface area contributed by atoms with Crippen LogP contribution in [0.4, 0.5) is 14.5 Å².